The van der Waals surface area contributed by atoms with Gasteiger partial charge in [-0.3, -0.25) is 4.79 Å². The lowest BCUT2D eigenvalue weighted by Crippen LogP contribution is -1.96. The van der Waals surface area contributed by atoms with Crippen LogP contribution in [-0.4, -0.2) is 10.5 Å². The Kier molecular flexibility index (Phi) is 4.09. The number of rotatable bonds is 3. The van der Waals surface area contributed by atoms with E-state index >= 15 is 0 Å². The summed E-state index contributed by atoms with van der Waals surface area (Å²) in [6, 6.07) is 9.14. The molecule has 3 rings (SSSR count). The number of nitrogens with zero attached hydrogens (tertiary/aromatic N) is 7. The van der Waals surface area contributed by atoms with E-state index in [1.807, 2.05) is 0 Å². The Morgan fingerprint density at radius 2 is 2.00 bits per heavy atom. The Hall–Kier alpha value is -3.80. The summed E-state index contributed by atoms with van der Waals surface area (Å²) in [7, 11) is 0. The number of amides is 1. The van der Waals surface area contributed by atoms with Crippen molar-refractivity contribution >= 4 is 22.5 Å². The molecular formula is C16H10FN7O. The number of azide groups is 2. The molecule has 0 bridgehead atoms. The quantitative estimate of drug-likeness (QED) is 0.352. The van der Waals surface area contributed by atoms with E-state index in [0.29, 0.717) is 27.8 Å². The molecule has 0 fully saturated rings. The molecule has 1 heterocycles. The highest BCUT2D eigenvalue weighted by atomic mass is 19.1. The molecule has 2 aromatic carbocycles. The molecule has 0 unspecified atom stereocenters. The van der Waals surface area contributed by atoms with Gasteiger partial charge in [-0.15, -0.1) is 0 Å². The van der Waals surface area contributed by atoms with Crippen LogP contribution in [0.25, 0.3) is 37.5 Å². The average Bonchev–Trinajstić information content (AvgIpc) is 2.96. The number of hydrogen-bond donors (Lipinski definition) is 0. The molecule has 1 amide bonds. The molecule has 25 heavy (non-hydrogen) atoms. The zero-order chi connectivity index (χ0) is 18.0. The molecule has 9 heteroatoms. The minimum absolute atomic E-state index is 0.0842. The van der Waals surface area contributed by atoms with Crippen LogP contribution in [0.1, 0.15) is 15.9 Å². The number of hydrogen-bond acceptors (Lipinski definition) is 2. The maximum atomic E-state index is 13.6. The van der Waals surface area contributed by atoms with Gasteiger partial charge in [0.25, 0.3) is 5.91 Å². The molecule has 0 spiro atoms. The van der Waals surface area contributed by atoms with Crippen LogP contribution in [0.4, 0.5) is 10.1 Å². The SMILES string of the molecule is Cc1c(N=[N+]=[N-])cccc1-n1cc(C(=O)N=[N+]=[N-])c2cc(F)ccc21. The Balaban J connectivity index is 2.35. The van der Waals surface area contributed by atoms with Crippen molar-refractivity contribution in [2.75, 3.05) is 0 Å². The average molecular weight is 335 g/mol. The Morgan fingerprint density at radius 3 is 2.72 bits per heavy atom. The summed E-state index contributed by atoms with van der Waals surface area (Å²) in [6.07, 6.45) is 1.48. The van der Waals surface area contributed by atoms with E-state index in [-0.39, 0.29) is 5.56 Å². The summed E-state index contributed by atoms with van der Waals surface area (Å²) in [6.45, 7) is 1.77. The fourth-order valence-corrected chi connectivity index (χ4v) is 2.70. The van der Waals surface area contributed by atoms with Gasteiger partial charge in [-0.2, -0.15) is 0 Å². The maximum absolute atomic E-state index is 13.6. The Bertz CT molecular complexity index is 1110. The number of benzene rings is 2. The minimum Gasteiger partial charge on any atom is -0.316 e. The van der Waals surface area contributed by atoms with Crippen molar-refractivity contribution in [3.63, 3.8) is 0 Å². The van der Waals surface area contributed by atoms with E-state index in [1.165, 1.54) is 24.4 Å². The molecule has 0 N–H and O–H groups in total. The topological polar surface area (TPSA) is 120 Å². The fraction of sp³-hybridized carbons (Fsp3) is 0.0625. The Labute approximate surface area is 140 Å². The normalized spacial score (nSPS) is 10.2. The molecule has 0 radical (unpaired) electrons. The van der Waals surface area contributed by atoms with Gasteiger partial charge >= 0.3 is 0 Å². The smallest absolute Gasteiger partial charge is 0.251 e. The van der Waals surface area contributed by atoms with Crippen LogP contribution in [0.2, 0.25) is 0 Å². The van der Waals surface area contributed by atoms with E-state index in [4.69, 9.17) is 11.1 Å². The monoisotopic (exact) mass is 335 g/mol. The first kappa shape index (κ1) is 16.1. The third kappa shape index (κ3) is 2.76. The first-order valence-corrected chi connectivity index (χ1v) is 7.12. The molecule has 0 saturated heterocycles. The van der Waals surface area contributed by atoms with Crippen molar-refractivity contribution in [3.8, 4) is 5.69 Å². The summed E-state index contributed by atoms with van der Waals surface area (Å²) in [5.41, 5.74) is 19.6. The maximum Gasteiger partial charge on any atom is 0.251 e. The van der Waals surface area contributed by atoms with Crippen molar-refractivity contribution in [2.24, 2.45) is 10.2 Å². The van der Waals surface area contributed by atoms with E-state index in [0.717, 1.165) is 0 Å². The van der Waals surface area contributed by atoms with Crippen molar-refractivity contribution in [3.05, 3.63) is 80.4 Å². The predicted octanol–water partition coefficient (Wildman–Crippen LogP) is 5.47. The molecule has 0 aliphatic carbocycles. The first-order valence-electron chi connectivity index (χ1n) is 7.12. The lowest BCUT2D eigenvalue weighted by atomic mass is 10.1. The molecule has 8 nitrogen and oxygen atoms in total. The standard InChI is InChI=1S/C16H10FN7O/c1-9-13(20-22-18)3-2-4-14(9)24-8-12(16(25)21-23-19)11-7-10(17)5-6-15(11)24/h2-8H,1H3. The second-order valence-electron chi connectivity index (χ2n) is 5.18. The molecule has 122 valence electrons. The highest BCUT2D eigenvalue weighted by Crippen LogP contribution is 2.31. The summed E-state index contributed by atoms with van der Waals surface area (Å²) >= 11 is 0. The lowest BCUT2D eigenvalue weighted by Gasteiger charge is -2.11. The van der Waals surface area contributed by atoms with Crippen LogP contribution in [0.5, 0.6) is 0 Å². The third-order valence-corrected chi connectivity index (χ3v) is 3.82. The molecule has 0 atom stereocenters. The summed E-state index contributed by atoms with van der Waals surface area (Å²) < 4.78 is 15.3. The molecule has 0 aliphatic rings. The van der Waals surface area contributed by atoms with Gasteiger partial charge in [0.15, 0.2) is 0 Å². The number of carbonyl (C=O) groups is 1. The number of aromatic nitrogens is 1. The van der Waals surface area contributed by atoms with Gasteiger partial charge in [0.1, 0.15) is 5.82 Å². The predicted molar refractivity (Wildman–Crippen MR) is 90.3 cm³/mol. The van der Waals surface area contributed by atoms with Gasteiger partial charge in [0, 0.05) is 32.8 Å². The van der Waals surface area contributed by atoms with Crippen LogP contribution >= 0.6 is 0 Å². The van der Waals surface area contributed by atoms with Crippen molar-refractivity contribution in [2.45, 2.75) is 6.92 Å². The summed E-state index contributed by atoms with van der Waals surface area (Å²) in [5.74, 6) is -1.32. The van der Waals surface area contributed by atoms with Gasteiger partial charge in [-0.05, 0) is 52.9 Å². The molecule has 0 aliphatic heterocycles. The van der Waals surface area contributed by atoms with Crippen LogP contribution in [0, 0.1) is 12.7 Å². The first-order chi connectivity index (χ1) is 12.1. The van der Waals surface area contributed by atoms with Gasteiger partial charge < -0.3 is 4.57 Å². The highest BCUT2D eigenvalue weighted by molar-refractivity contribution is 6.08. The van der Waals surface area contributed by atoms with Gasteiger partial charge in [-0.1, -0.05) is 17.2 Å². The summed E-state index contributed by atoms with van der Waals surface area (Å²) in [5, 5.41) is 7.05. The molecule has 0 saturated carbocycles. The van der Waals surface area contributed by atoms with Gasteiger partial charge in [-0.25, -0.2) is 4.39 Å². The minimum atomic E-state index is -0.805. The number of carbonyl (C=O) groups excluding carboxylic acids is 1. The number of fused-ring (bicyclic) bond motifs is 1. The lowest BCUT2D eigenvalue weighted by molar-refractivity contribution is 0.100. The zero-order valence-corrected chi connectivity index (χ0v) is 13.0. The van der Waals surface area contributed by atoms with Crippen LogP contribution < -0.4 is 0 Å². The van der Waals surface area contributed by atoms with E-state index < -0.39 is 11.7 Å². The highest BCUT2D eigenvalue weighted by Gasteiger charge is 2.17. The van der Waals surface area contributed by atoms with Crippen LogP contribution in [0.15, 0.2) is 52.8 Å². The second-order valence-corrected chi connectivity index (χ2v) is 5.18. The fourth-order valence-electron chi connectivity index (χ4n) is 2.70. The molecular weight excluding hydrogens is 325 g/mol. The molecule has 1 aromatic heterocycles. The van der Waals surface area contributed by atoms with Gasteiger partial charge in [0.2, 0.25) is 0 Å². The number of halogens is 1. The van der Waals surface area contributed by atoms with E-state index in [9.17, 15) is 9.18 Å². The second kappa shape index (κ2) is 6.37. The third-order valence-electron chi connectivity index (χ3n) is 3.82. The molecule has 3 aromatic rings. The largest absolute Gasteiger partial charge is 0.316 e. The summed E-state index contributed by atoms with van der Waals surface area (Å²) in [4.78, 5) is 17.3. The van der Waals surface area contributed by atoms with Crippen LogP contribution in [0.3, 0.4) is 0 Å². The van der Waals surface area contributed by atoms with E-state index in [1.54, 1.807) is 29.7 Å². The van der Waals surface area contributed by atoms with E-state index in [2.05, 4.69) is 20.1 Å². The van der Waals surface area contributed by atoms with Gasteiger partial charge in [0.05, 0.1) is 11.1 Å². The zero-order valence-electron chi connectivity index (χ0n) is 13.0. The van der Waals surface area contributed by atoms with Crippen LogP contribution in [-0.2, 0) is 0 Å². The Morgan fingerprint density at radius 1 is 1.20 bits per heavy atom. The van der Waals surface area contributed by atoms with Crippen molar-refractivity contribution < 1.29 is 9.18 Å². The van der Waals surface area contributed by atoms with Crippen molar-refractivity contribution in [1.82, 2.24) is 4.57 Å². The van der Waals surface area contributed by atoms with Crippen molar-refractivity contribution in [1.29, 1.82) is 0 Å².